The van der Waals surface area contributed by atoms with Crippen molar-refractivity contribution >= 4 is 17.4 Å². The first-order valence-corrected chi connectivity index (χ1v) is 12.6. The number of piperazine rings is 1. The van der Waals surface area contributed by atoms with E-state index in [0.717, 1.165) is 68.6 Å². The Labute approximate surface area is 202 Å². The van der Waals surface area contributed by atoms with Gasteiger partial charge in [-0.15, -0.1) is 11.3 Å². The van der Waals surface area contributed by atoms with Crippen molar-refractivity contribution < 1.29 is 19.7 Å². The average Bonchev–Trinajstić information content (AvgIpc) is 3.39. The Morgan fingerprint density at radius 3 is 2.35 bits per heavy atom. The molecule has 0 spiro atoms. The van der Waals surface area contributed by atoms with Crippen molar-refractivity contribution in [3.05, 3.63) is 45.5 Å². The molecule has 1 amide bonds. The fraction of sp³-hybridized carbons (Fsp3) is 0.458. The molecule has 1 saturated heterocycles. The molecule has 3 aromatic heterocycles. The van der Waals surface area contributed by atoms with Crippen molar-refractivity contribution in [1.29, 1.82) is 0 Å². The summed E-state index contributed by atoms with van der Waals surface area (Å²) < 4.78 is 6.88. The van der Waals surface area contributed by atoms with Gasteiger partial charge in [-0.3, -0.25) is 4.90 Å². The summed E-state index contributed by atoms with van der Waals surface area (Å²) in [5.74, 6) is 0.303. The zero-order valence-corrected chi connectivity index (χ0v) is 20.1. The molecule has 10 heteroatoms. The molecule has 2 N–H and O–H groups in total. The van der Waals surface area contributed by atoms with Gasteiger partial charge in [0.25, 0.3) is 0 Å². The summed E-state index contributed by atoms with van der Waals surface area (Å²) in [5, 5.41) is 21.2. The maximum Gasteiger partial charge on any atom is 0.416 e. The van der Waals surface area contributed by atoms with E-state index in [1.165, 1.54) is 15.6 Å². The molecule has 0 unspecified atom stereocenters. The largest absolute Gasteiger partial charge is 0.494 e. The molecule has 0 atom stereocenters. The van der Waals surface area contributed by atoms with E-state index in [4.69, 9.17) is 4.74 Å². The van der Waals surface area contributed by atoms with Crippen LogP contribution in [0.1, 0.15) is 34.5 Å². The quantitative estimate of drug-likeness (QED) is 0.574. The van der Waals surface area contributed by atoms with Gasteiger partial charge in [-0.25, -0.2) is 19.3 Å². The molecule has 9 nitrogen and oxygen atoms in total. The SMILES string of the molecule is Cc1ncsc1CCN1CCN(C(=O)Oc2ccc(-n3c(O)c4c(c3O)CCCC4)cn2)CC1. The first-order valence-electron chi connectivity index (χ1n) is 11.7. The van der Waals surface area contributed by atoms with Crippen LogP contribution in [-0.2, 0) is 19.3 Å². The summed E-state index contributed by atoms with van der Waals surface area (Å²) in [4.78, 5) is 26.5. The molecule has 180 valence electrons. The van der Waals surface area contributed by atoms with Crippen LogP contribution in [0.3, 0.4) is 0 Å². The third kappa shape index (κ3) is 4.47. The average molecular weight is 484 g/mol. The second kappa shape index (κ2) is 9.63. The molecule has 5 rings (SSSR count). The van der Waals surface area contributed by atoms with Gasteiger partial charge in [0, 0.05) is 54.8 Å². The van der Waals surface area contributed by atoms with Crippen LogP contribution in [0.25, 0.3) is 5.69 Å². The van der Waals surface area contributed by atoms with E-state index in [2.05, 4.69) is 14.9 Å². The predicted octanol–water partition coefficient (Wildman–Crippen LogP) is 3.29. The number of thiazole rings is 1. The highest BCUT2D eigenvalue weighted by Crippen LogP contribution is 2.40. The lowest BCUT2D eigenvalue weighted by atomic mass is 9.95. The van der Waals surface area contributed by atoms with Gasteiger partial charge >= 0.3 is 6.09 Å². The number of aromatic nitrogens is 3. The molecular formula is C24H29N5O4S. The number of rotatable bonds is 5. The number of hydrogen-bond acceptors (Lipinski definition) is 8. The Hall–Kier alpha value is -3.11. The number of aromatic hydroxyl groups is 2. The van der Waals surface area contributed by atoms with E-state index in [-0.39, 0.29) is 17.6 Å². The minimum absolute atomic E-state index is 0.0575. The second-order valence-electron chi connectivity index (χ2n) is 8.81. The first kappa shape index (κ1) is 22.7. The summed E-state index contributed by atoms with van der Waals surface area (Å²) in [6.45, 7) is 5.81. The van der Waals surface area contributed by atoms with Crippen molar-refractivity contribution in [2.45, 2.75) is 39.0 Å². The highest BCUT2D eigenvalue weighted by Gasteiger charge is 2.26. The van der Waals surface area contributed by atoms with Gasteiger partial charge < -0.3 is 19.8 Å². The van der Waals surface area contributed by atoms with Gasteiger partial charge in [-0.1, -0.05) is 0 Å². The number of carbonyl (C=O) groups excluding carboxylic acids is 1. The Balaban J connectivity index is 1.16. The van der Waals surface area contributed by atoms with Crippen molar-refractivity contribution in [1.82, 2.24) is 24.3 Å². The van der Waals surface area contributed by atoms with Gasteiger partial charge in [0.2, 0.25) is 17.6 Å². The molecule has 34 heavy (non-hydrogen) atoms. The molecule has 0 aromatic carbocycles. The number of hydrogen-bond donors (Lipinski definition) is 2. The zero-order chi connectivity index (χ0) is 23.7. The van der Waals surface area contributed by atoms with E-state index in [0.29, 0.717) is 18.8 Å². The topological polar surface area (TPSA) is 104 Å². The summed E-state index contributed by atoms with van der Waals surface area (Å²) in [6.07, 6.45) is 5.56. The van der Waals surface area contributed by atoms with E-state index < -0.39 is 6.09 Å². The minimum Gasteiger partial charge on any atom is -0.494 e. The summed E-state index contributed by atoms with van der Waals surface area (Å²) in [7, 11) is 0. The van der Waals surface area contributed by atoms with Gasteiger partial charge in [0.15, 0.2) is 0 Å². The summed E-state index contributed by atoms with van der Waals surface area (Å²) in [5.41, 5.74) is 5.12. The Morgan fingerprint density at radius 2 is 1.76 bits per heavy atom. The van der Waals surface area contributed by atoms with Crippen LogP contribution >= 0.6 is 11.3 Å². The molecule has 0 saturated carbocycles. The molecule has 2 aliphatic rings. The first-order chi connectivity index (χ1) is 16.5. The number of aryl methyl sites for hydroxylation is 1. The Bertz CT molecular complexity index is 1140. The van der Waals surface area contributed by atoms with Gasteiger partial charge in [-0.2, -0.15) is 0 Å². The van der Waals surface area contributed by atoms with E-state index in [9.17, 15) is 15.0 Å². The van der Waals surface area contributed by atoms with Crippen LogP contribution in [0.15, 0.2) is 23.8 Å². The molecule has 4 heterocycles. The number of ether oxygens (including phenoxy) is 1. The molecule has 0 bridgehead atoms. The van der Waals surface area contributed by atoms with Crippen molar-refractivity contribution in [3.8, 4) is 23.3 Å². The monoisotopic (exact) mass is 483 g/mol. The number of carbonyl (C=O) groups is 1. The van der Waals surface area contributed by atoms with E-state index in [1.807, 2.05) is 12.4 Å². The van der Waals surface area contributed by atoms with Gasteiger partial charge in [0.05, 0.1) is 23.1 Å². The lowest BCUT2D eigenvalue weighted by molar-refractivity contribution is 0.110. The number of fused-ring (bicyclic) bond motifs is 1. The molecular weight excluding hydrogens is 454 g/mol. The third-order valence-corrected chi connectivity index (χ3v) is 7.73. The van der Waals surface area contributed by atoms with Crippen molar-refractivity contribution in [2.75, 3.05) is 32.7 Å². The highest BCUT2D eigenvalue weighted by atomic mass is 32.1. The maximum absolute atomic E-state index is 12.6. The number of pyridine rings is 1. The smallest absolute Gasteiger partial charge is 0.416 e. The number of nitrogens with zero attached hydrogens (tertiary/aromatic N) is 5. The fourth-order valence-corrected chi connectivity index (χ4v) is 5.48. The van der Waals surface area contributed by atoms with Crippen molar-refractivity contribution in [3.63, 3.8) is 0 Å². The summed E-state index contributed by atoms with van der Waals surface area (Å²) in [6, 6.07) is 3.26. The normalized spacial score (nSPS) is 16.4. The fourth-order valence-electron chi connectivity index (χ4n) is 4.71. The van der Waals surface area contributed by atoms with Gasteiger partial charge in [0.1, 0.15) is 0 Å². The van der Waals surface area contributed by atoms with Crippen LogP contribution in [0, 0.1) is 6.92 Å². The third-order valence-electron chi connectivity index (χ3n) is 6.73. The molecule has 1 fully saturated rings. The van der Waals surface area contributed by atoms with Crippen LogP contribution in [0.5, 0.6) is 17.6 Å². The molecule has 0 radical (unpaired) electrons. The zero-order valence-electron chi connectivity index (χ0n) is 19.2. The lowest BCUT2D eigenvalue weighted by Crippen LogP contribution is -2.49. The Kier molecular flexibility index (Phi) is 6.42. The number of amides is 1. The highest BCUT2D eigenvalue weighted by molar-refractivity contribution is 7.09. The molecule has 1 aliphatic heterocycles. The minimum atomic E-state index is -0.416. The van der Waals surface area contributed by atoms with E-state index >= 15 is 0 Å². The standard InChI is InChI=1S/C24H29N5O4S/c1-16-20(34-15-26-16)8-9-27-10-12-28(13-11-27)24(32)33-21-7-6-17(14-25-21)29-22(30)18-4-2-3-5-19(18)23(29)31/h6-7,14-15,30-31H,2-5,8-13H2,1H3. The van der Waals surface area contributed by atoms with Crippen LogP contribution < -0.4 is 4.74 Å². The van der Waals surface area contributed by atoms with Gasteiger partial charge in [-0.05, 0) is 45.1 Å². The van der Waals surface area contributed by atoms with E-state index in [1.54, 1.807) is 28.4 Å². The van der Waals surface area contributed by atoms with Crippen LogP contribution in [-0.4, -0.2) is 73.4 Å². The van der Waals surface area contributed by atoms with Crippen LogP contribution in [0.2, 0.25) is 0 Å². The maximum atomic E-state index is 12.6. The molecule has 1 aliphatic carbocycles. The van der Waals surface area contributed by atoms with Crippen molar-refractivity contribution in [2.24, 2.45) is 0 Å². The Morgan fingerprint density at radius 1 is 1.06 bits per heavy atom. The summed E-state index contributed by atoms with van der Waals surface area (Å²) >= 11 is 1.69. The molecule has 3 aromatic rings. The van der Waals surface area contributed by atoms with Crippen LogP contribution in [0.4, 0.5) is 4.79 Å². The second-order valence-corrected chi connectivity index (χ2v) is 9.75. The lowest BCUT2D eigenvalue weighted by Gasteiger charge is -2.33. The predicted molar refractivity (Wildman–Crippen MR) is 128 cm³/mol.